The number of rotatable bonds is 9. The molecule has 0 bridgehead atoms. The summed E-state index contributed by atoms with van der Waals surface area (Å²) in [4.78, 5) is 73.4. The number of Topliss-reactive ketones (excluding diaryl/α,β-unsaturated/α-hetero) is 1. The number of allylic oxidation sites excluding steroid dienone is 6. The highest BCUT2D eigenvalue weighted by Crippen LogP contribution is 2.51. The summed E-state index contributed by atoms with van der Waals surface area (Å²) in [7, 11) is 4.59. The van der Waals surface area contributed by atoms with Crippen LogP contribution < -0.4 is 31.1 Å². The number of phenols is 1. The standard InChI is InChI=1S/C41H37N5O9/c1-22-16-33(48)37-27(38(22)49)18-30-25(36(37)26-11-10-24(17-32(26)47)55-21-23-8-6-5-7-9-23)12-15-45-40(51)44(41(52)46(30)45)14-13-28-39(50)43(2)31-20-35(54-4)34(53-3)19-29(31)42-28/h5-12,16-17,19-20,30,36,47H,13-15,18,21H2,1-4H3/t30-,36-/m1/s1. The van der Waals surface area contributed by atoms with Gasteiger partial charge in [-0.25, -0.2) is 28.5 Å². The molecule has 2 atom stereocenters. The zero-order valence-corrected chi connectivity index (χ0v) is 30.6. The summed E-state index contributed by atoms with van der Waals surface area (Å²) in [6, 6.07) is 16.9. The molecule has 14 nitrogen and oxygen atoms in total. The van der Waals surface area contributed by atoms with Crippen LogP contribution in [0.5, 0.6) is 23.0 Å². The maximum atomic E-state index is 14.2. The van der Waals surface area contributed by atoms with E-state index in [0.717, 1.165) is 10.1 Å². The highest BCUT2D eigenvalue weighted by Gasteiger charge is 2.45. The van der Waals surface area contributed by atoms with E-state index in [2.05, 4.69) is 4.98 Å². The van der Waals surface area contributed by atoms with Crippen molar-refractivity contribution in [2.75, 3.05) is 14.2 Å². The Morgan fingerprint density at radius 1 is 0.927 bits per heavy atom. The Hall–Kier alpha value is -6.70. The Kier molecular flexibility index (Phi) is 8.75. The molecule has 2 aromatic heterocycles. The summed E-state index contributed by atoms with van der Waals surface area (Å²) in [5.74, 6) is -0.443. The van der Waals surface area contributed by atoms with Crippen LogP contribution in [0.15, 0.2) is 109 Å². The number of carbonyl (C=O) groups excluding carboxylic acids is 2. The number of fused-ring (bicyclic) bond motifs is 4. The van der Waals surface area contributed by atoms with Crippen LogP contribution >= 0.6 is 0 Å². The van der Waals surface area contributed by atoms with Crippen molar-refractivity contribution in [2.45, 2.75) is 51.4 Å². The van der Waals surface area contributed by atoms with Crippen LogP contribution in [0, 0.1) is 0 Å². The molecule has 55 heavy (non-hydrogen) atoms. The Bertz CT molecular complexity index is 2730. The van der Waals surface area contributed by atoms with Gasteiger partial charge in [-0.15, -0.1) is 0 Å². The maximum absolute atomic E-state index is 14.2. The average Bonchev–Trinajstić information content (AvgIpc) is 3.44. The van der Waals surface area contributed by atoms with Crippen LogP contribution in [0.25, 0.3) is 11.0 Å². The van der Waals surface area contributed by atoms with Crippen molar-refractivity contribution in [2.24, 2.45) is 7.05 Å². The molecule has 3 aromatic carbocycles. The van der Waals surface area contributed by atoms with Gasteiger partial charge in [0.25, 0.3) is 5.56 Å². The molecule has 1 N–H and O–H groups in total. The van der Waals surface area contributed by atoms with Crippen LogP contribution in [-0.2, 0) is 42.8 Å². The molecule has 0 saturated carbocycles. The molecule has 1 aliphatic heterocycles. The average molecular weight is 744 g/mol. The molecule has 2 aliphatic carbocycles. The number of benzene rings is 3. The fraction of sp³-hybridized carbons (Fsp3) is 0.268. The van der Waals surface area contributed by atoms with Crippen molar-refractivity contribution in [3.63, 3.8) is 0 Å². The van der Waals surface area contributed by atoms with Crippen molar-refractivity contribution in [3.8, 4) is 23.0 Å². The van der Waals surface area contributed by atoms with E-state index in [1.54, 1.807) is 44.3 Å². The SMILES string of the molecule is COc1cc2nc(CCn3c(=O)n4n(c3=O)[C@@H]3CC5=C(C(=O)C=C(C)C5=O)[C@@H](c5ccc(OCc6ccccc6)cc5O)C3=CC4)c(=O)n(C)c2cc1OC. The quantitative estimate of drug-likeness (QED) is 0.174. The van der Waals surface area contributed by atoms with Gasteiger partial charge in [-0.1, -0.05) is 42.5 Å². The van der Waals surface area contributed by atoms with Crippen LogP contribution in [0.2, 0.25) is 0 Å². The van der Waals surface area contributed by atoms with E-state index in [1.807, 2.05) is 30.3 Å². The number of aromatic nitrogens is 5. The van der Waals surface area contributed by atoms with E-state index >= 15 is 0 Å². The zero-order chi connectivity index (χ0) is 38.7. The number of methoxy groups -OCH3 is 2. The number of hydrogen-bond acceptors (Lipinski definition) is 10. The van der Waals surface area contributed by atoms with Crippen LogP contribution in [0.1, 0.15) is 42.1 Å². The highest BCUT2D eigenvalue weighted by molar-refractivity contribution is 6.23. The van der Waals surface area contributed by atoms with Gasteiger partial charge in [0.05, 0.1) is 37.8 Å². The minimum atomic E-state index is -0.878. The number of aromatic hydroxyl groups is 1. The van der Waals surface area contributed by atoms with Crippen LogP contribution in [-0.4, -0.2) is 54.4 Å². The summed E-state index contributed by atoms with van der Waals surface area (Å²) in [5.41, 5.74) is 2.16. The lowest BCUT2D eigenvalue weighted by Crippen LogP contribution is -2.40. The molecule has 0 spiro atoms. The van der Waals surface area contributed by atoms with Gasteiger partial charge in [0.15, 0.2) is 23.1 Å². The second-order valence-electron chi connectivity index (χ2n) is 13.8. The lowest BCUT2D eigenvalue weighted by Gasteiger charge is -2.39. The van der Waals surface area contributed by atoms with E-state index in [4.69, 9.17) is 14.2 Å². The fourth-order valence-corrected chi connectivity index (χ4v) is 7.94. The van der Waals surface area contributed by atoms with Gasteiger partial charge in [0.1, 0.15) is 23.8 Å². The van der Waals surface area contributed by atoms with E-state index < -0.39 is 28.9 Å². The second-order valence-corrected chi connectivity index (χ2v) is 13.8. The molecular formula is C41H37N5O9. The number of nitrogens with zero attached hydrogens (tertiary/aromatic N) is 5. The third kappa shape index (κ3) is 5.81. The minimum Gasteiger partial charge on any atom is -0.507 e. The van der Waals surface area contributed by atoms with Gasteiger partial charge in [0.2, 0.25) is 0 Å². The molecule has 280 valence electrons. The molecule has 0 fully saturated rings. The normalized spacial score (nSPS) is 17.7. The summed E-state index contributed by atoms with van der Waals surface area (Å²) in [5, 5.41) is 11.4. The molecular weight excluding hydrogens is 706 g/mol. The van der Waals surface area contributed by atoms with Crippen molar-refractivity contribution in [3.05, 3.63) is 143 Å². The van der Waals surface area contributed by atoms with Crippen molar-refractivity contribution < 1.29 is 28.9 Å². The first-order chi connectivity index (χ1) is 26.5. The number of ether oxygens (including phenoxy) is 3. The third-order valence-electron chi connectivity index (χ3n) is 10.7. The monoisotopic (exact) mass is 743 g/mol. The Labute approximate surface area is 313 Å². The van der Waals surface area contributed by atoms with E-state index in [9.17, 15) is 29.1 Å². The lowest BCUT2D eigenvalue weighted by atomic mass is 9.68. The summed E-state index contributed by atoms with van der Waals surface area (Å²) in [6.45, 7) is 1.70. The predicted molar refractivity (Wildman–Crippen MR) is 201 cm³/mol. The fourth-order valence-electron chi connectivity index (χ4n) is 7.94. The Morgan fingerprint density at radius 2 is 1.67 bits per heavy atom. The van der Waals surface area contributed by atoms with Gasteiger partial charge in [-0.3, -0.25) is 14.4 Å². The third-order valence-corrected chi connectivity index (χ3v) is 10.7. The number of ketones is 2. The first-order valence-electron chi connectivity index (χ1n) is 17.7. The molecule has 3 aliphatic rings. The first-order valence-corrected chi connectivity index (χ1v) is 17.7. The Morgan fingerprint density at radius 3 is 2.40 bits per heavy atom. The first kappa shape index (κ1) is 35.3. The van der Waals surface area contributed by atoms with Gasteiger partial charge in [0, 0.05) is 72.8 Å². The molecule has 0 unspecified atom stereocenters. The van der Waals surface area contributed by atoms with Crippen LogP contribution in [0.3, 0.4) is 0 Å². The Balaban J connectivity index is 1.15. The second kappa shape index (κ2) is 13.6. The van der Waals surface area contributed by atoms with Crippen molar-refractivity contribution in [1.29, 1.82) is 0 Å². The zero-order valence-electron chi connectivity index (χ0n) is 30.6. The highest BCUT2D eigenvalue weighted by atomic mass is 16.5. The van der Waals surface area contributed by atoms with Crippen LogP contribution in [0.4, 0.5) is 0 Å². The molecule has 8 rings (SSSR count). The molecule has 0 amide bonds. The van der Waals surface area contributed by atoms with Crippen molar-refractivity contribution in [1.82, 2.24) is 23.5 Å². The number of phenolic OH excluding ortho intramolecular Hbond substituents is 1. The molecule has 0 saturated heterocycles. The lowest BCUT2D eigenvalue weighted by molar-refractivity contribution is -0.116. The number of carbonyl (C=O) groups is 2. The van der Waals surface area contributed by atoms with Gasteiger partial charge in [-0.2, -0.15) is 0 Å². The smallest absolute Gasteiger partial charge is 0.347 e. The number of aryl methyl sites for hydroxylation is 2. The summed E-state index contributed by atoms with van der Waals surface area (Å²) in [6.07, 6.45) is 3.06. The van der Waals surface area contributed by atoms with Gasteiger partial charge >= 0.3 is 11.4 Å². The van der Waals surface area contributed by atoms with E-state index in [-0.39, 0.29) is 72.3 Å². The molecule has 0 radical (unpaired) electrons. The van der Waals surface area contributed by atoms with E-state index in [1.165, 1.54) is 40.3 Å². The topological polar surface area (TPSA) is 166 Å². The molecule has 5 aromatic rings. The molecule has 3 heterocycles. The summed E-state index contributed by atoms with van der Waals surface area (Å²) >= 11 is 0. The number of hydrogen-bond donors (Lipinski definition) is 1. The van der Waals surface area contributed by atoms with Gasteiger partial charge in [-0.05, 0) is 30.2 Å². The van der Waals surface area contributed by atoms with E-state index in [0.29, 0.717) is 39.4 Å². The minimum absolute atomic E-state index is 0.000324. The maximum Gasteiger partial charge on any atom is 0.347 e. The van der Waals surface area contributed by atoms with Gasteiger partial charge < -0.3 is 23.9 Å². The largest absolute Gasteiger partial charge is 0.507 e. The summed E-state index contributed by atoms with van der Waals surface area (Å²) < 4.78 is 21.9. The molecule has 14 heteroatoms. The predicted octanol–water partition coefficient (Wildman–Crippen LogP) is 3.67. The van der Waals surface area contributed by atoms with Crippen molar-refractivity contribution >= 4 is 22.6 Å².